The molecule has 12 heteroatoms. The maximum atomic E-state index is 12.9. The molecule has 3 rings (SSSR count). The molecule has 1 atom stereocenters. The molecule has 0 radical (unpaired) electrons. The van der Waals surface area contributed by atoms with Crippen molar-refractivity contribution in [1.29, 1.82) is 0 Å². The number of piperidine rings is 1. The number of nitrogens with zero attached hydrogens (tertiary/aromatic N) is 2. The van der Waals surface area contributed by atoms with Gasteiger partial charge in [-0.3, -0.25) is 25.3 Å². The summed E-state index contributed by atoms with van der Waals surface area (Å²) in [5.41, 5.74) is 0.936. The molecular weight excluding hydrogens is 554 g/mol. The zero-order valence-corrected chi connectivity index (χ0v) is 25.0. The second-order valence-corrected chi connectivity index (χ2v) is 10.9. The Balaban J connectivity index is 1.52. The molecule has 12 nitrogen and oxygen atoms in total. The van der Waals surface area contributed by atoms with Crippen LogP contribution in [0.25, 0.3) is 0 Å². The third kappa shape index (κ3) is 12.4. The van der Waals surface area contributed by atoms with Gasteiger partial charge < -0.3 is 19.5 Å². The van der Waals surface area contributed by atoms with E-state index < -0.39 is 29.9 Å². The van der Waals surface area contributed by atoms with Gasteiger partial charge in [-0.2, -0.15) is 0 Å². The lowest BCUT2D eigenvalue weighted by molar-refractivity contribution is -0.127. The molecule has 232 valence electrons. The van der Waals surface area contributed by atoms with E-state index in [0.717, 1.165) is 24.0 Å². The van der Waals surface area contributed by atoms with E-state index in [1.165, 1.54) is 4.90 Å². The number of likely N-dealkylation sites (tertiary alicyclic amines) is 1. The fraction of sp³-hybridized carbons (Fsp3) is 0.452. The fourth-order valence-corrected chi connectivity index (χ4v) is 4.16. The molecule has 2 aromatic carbocycles. The highest BCUT2D eigenvalue weighted by Gasteiger charge is 2.34. The summed E-state index contributed by atoms with van der Waals surface area (Å²) in [6.07, 6.45) is 0.480. The van der Waals surface area contributed by atoms with Gasteiger partial charge in [-0.25, -0.2) is 14.4 Å². The average Bonchev–Trinajstić information content (AvgIpc) is 2.99. The molecule has 2 aromatic rings. The number of hydrogen-bond acceptors (Lipinski definition) is 8. The van der Waals surface area contributed by atoms with Crippen molar-refractivity contribution in [2.45, 2.75) is 71.3 Å². The van der Waals surface area contributed by atoms with Gasteiger partial charge in [0.15, 0.2) is 0 Å². The molecule has 1 aliphatic heterocycles. The first kappa shape index (κ1) is 32.9. The minimum absolute atomic E-state index is 0.0336. The Kier molecular flexibility index (Phi) is 12.8. The molecule has 3 N–H and O–H groups in total. The van der Waals surface area contributed by atoms with Crippen LogP contribution in [0.15, 0.2) is 65.7 Å². The predicted molar refractivity (Wildman–Crippen MR) is 160 cm³/mol. The zero-order chi connectivity index (χ0) is 31.1. The fourth-order valence-electron chi connectivity index (χ4n) is 4.16. The van der Waals surface area contributed by atoms with E-state index in [1.807, 2.05) is 60.7 Å². The van der Waals surface area contributed by atoms with Gasteiger partial charge in [-0.1, -0.05) is 60.7 Å². The van der Waals surface area contributed by atoms with Gasteiger partial charge in [-0.05, 0) is 57.6 Å². The van der Waals surface area contributed by atoms with E-state index >= 15 is 0 Å². The summed E-state index contributed by atoms with van der Waals surface area (Å²) in [6, 6.07) is 17.7. The monoisotopic (exact) mass is 595 g/mol. The van der Waals surface area contributed by atoms with E-state index in [4.69, 9.17) is 14.2 Å². The summed E-state index contributed by atoms with van der Waals surface area (Å²) in [4.78, 5) is 56.1. The molecule has 1 saturated heterocycles. The summed E-state index contributed by atoms with van der Waals surface area (Å²) in [7, 11) is 0. The average molecular weight is 596 g/mol. The Morgan fingerprint density at radius 1 is 0.860 bits per heavy atom. The molecule has 0 bridgehead atoms. The van der Waals surface area contributed by atoms with Crippen LogP contribution in [0, 0.1) is 0 Å². The van der Waals surface area contributed by atoms with Gasteiger partial charge >= 0.3 is 18.3 Å². The predicted octanol–water partition coefficient (Wildman–Crippen LogP) is 4.49. The number of aliphatic imine (C=N–C) groups is 1. The molecule has 0 aromatic heterocycles. The lowest BCUT2D eigenvalue weighted by atomic mass is 10.0. The molecule has 1 aliphatic rings. The molecule has 0 unspecified atom stereocenters. The number of benzene rings is 2. The van der Waals surface area contributed by atoms with Crippen LogP contribution in [0.3, 0.4) is 0 Å². The van der Waals surface area contributed by atoms with Crippen LogP contribution in [0.2, 0.25) is 0 Å². The topological polar surface area (TPSA) is 148 Å². The summed E-state index contributed by atoms with van der Waals surface area (Å²) >= 11 is 0. The van der Waals surface area contributed by atoms with E-state index in [2.05, 4.69) is 20.9 Å². The van der Waals surface area contributed by atoms with Gasteiger partial charge in [0.1, 0.15) is 24.9 Å². The van der Waals surface area contributed by atoms with Crippen molar-refractivity contribution >= 4 is 30.1 Å². The minimum Gasteiger partial charge on any atom is -0.444 e. The Labute approximate surface area is 252 Å². The van der Waals surface area contributed by atoms with E-state index in [9.17, 15) is 19.2 Å². The molecular formula is C31H41N5O7. The first-order chi connectivity index (χ1) is 20.6. The Morgan fingerprint density at radius 2 is 1.42 bits per heavy atom. The maximum Gasteiger partial charge on any atom is 0.414 e. The Morgan fingerprint density at radius 3 is 1.95 bits per heavy atom. The SMILES string of the molecule is CC(C)(C)OC(=O)N1CCCC[C@@H]1C(=O)NCCCN=C(NC(=O)OCc1ccccc1)NC(=O)OCc1ccccc1. The standard InChI is InChI=1S/C31H41N5O7/c1-31(2,3)43-30(40)36-20-11-10-17-25(36)26(37)32-18-12-19-33-27(34-28(38)41-21-23-13-6-4-7-14-23)35-29(39)42-22-24-15-8-5-9-16-24/h4-9,13-16,25H,10-12,17-22H2,1-3H3,(H,32,37)(H2,33,34,35,38,39)/t25-/m1/s1. The molecule has 4 amide bonds. The number of ether oxygens (including phenoxy) is 3. The zero-order valence-electron chi connectivity index (χ0n) is 25.0. The van der Waals surface area contributed by atoms with Gasteiger partial charge in [0.05, 0.1) is 0 Å². The summed E-state index contributed by atoms with van der Waals surface area (Å²) in [6.45, 7) is 6.31. The highest BCUT2D eigenvalue weighted by atomic mass is 16.6. The third-order valence-electron chi connectivity index (χ3n) is 6.20. The molecule has 0 saturated carbocycles. The highest BCUT2D eigenvalue weighted by molar-refractivity contribution is 6.01. The van der Waals surface area contributed by atoms with Gasteiger partial charge in [-0.15, -0.1) is 0 Å². The maximum absolute atomic E-state index is 12.9. The third-order valence-corrected chi connectivity index (χ3v) is 6.20. The number of rotatable bonds is 9. The van der Waals surface area contributed by atoms with Crippen LogP contribution < -0.4 is 16.0 Å². The van der Waals surface area contributed by atoms with Gasteiger partial charge in [0, 0.05) is 19.6 Å². The van der Waals surface area contributed by atoms with Gasteiger partial charge in [0.25, 0.3) is 0 Å². The normalized spacial score (nSPS) is 14.6. The molecule has 1 fully saturated rings. The largest absolute Gasteiger partial charge is 0.444 e. The molecule has 0 aliphatic carbocycles. The van der Waals surface area contributed by atoms with Crippen molar-refractivity contribution in [2.24, 2.45) is 4.99 Å². The number of hydrogen-bond donors (Lipinski definition) is 3. The number of carbonyl (C=O) groups is 4. The number of alkyl carbamates (subject to hydrolysis) is 2. The highest BCUT2D eigenvalue weighted by Crippen LogP contribution is 2.20. The van der Waals surface area contributed by atoms with Crippen LogP contribution in [0.1, 0.15) is 57.6 Å². The molecule has 43 heavy (non-hydrogen) atoms. The van der Waals surface area contributed by atoms with Crippen molar-refractivity contribution < 1.29 is 33.4 Å². The van der Waals surface area contributed by atoms with Crippen molar-refractivity contribution in [3.05, 3.63) is 71.8 Å². The van der Waals surface area contributed by atoms with Crippen molar-refractivity contribution in [1.82, 2.24) is 20.9 Å². The summed E-state index contributed by atoms with van der Waals surface area (Å²) in [5.74, 6) is -0.411. The number of guanidine groups is 1. The van der Waals surface area contributed by atoms with E-state index in [-0.39, 0.29) is 38.2 Å². The summed E-state index contributed by atoms with van der Waals surface area (Å²) < 4.78 is 15.9. The van der Waals surface area contributed by atoms with E-state index in [0.29, 0.717) is 19.4 Å². The Hall–Kier alpha value is -4.61. The van der Waals surface area contributed by atoms with Crippen molar-refractivity contribution in [3.8, 4) is 0 Å². The number of nitrogens with one attached hydrogen (secondary N) is 3. The first-order valence-corrected chi connectivity index (χ1v) is 14.4. The second kappa shape index (κ2) is 16.7. The van der Waals surface area contributed by atoms with Crippen molar-refractivity contribution in [3.63, 3.8) is 0 Å². The first-order valence-electron chi connectivity index (χ1n) is 14.4. The summed E-state index contributed by atoms with van der Waals surface area (Å²) in [5, 5.41) is 7.72. The number of carbonyl (C=O) groups excluding carboxylic acids is 4. The minimum atomic E-state index is -0.807. The van der Waals surface area contributed by atoms with Gasteiger partial charge in [0.2, 0.25) is 11.9 Å². The molecule has 1 heterocycles. The van der Waals surface area contributed by atoms with Crippen LogP contribution >= 0.6 is 0 Å². The number of amides is 4. The van der Waals surface area contributed by atoms with Crippen LogP contribution in [-0.4, -0.2) is 66.3 Å². The molecule has 0 spiro atoms. The lowest BCUT2D eigenvalue weighted by Crippen LogP contribution is -2.53. The Bertz CT molecular complexity index is 1170. The quantitative estimate of drug-likeness (QED) is 0.167. The van der Waals surface area contributed by atoms with E-state index in [1.54, 1.807) is 20.8 Å². The van der Waals surface area contributed by atoms with Crippen LogP contribution in [0.5, 0.6) is 0 Å². The van der Waals surface area contributed by atoms with Crippen LogP contribution in [0.4, 0.5) is 14.4 Å². The van der Waals surface area contributed by atoms with Crippen LogP contribution in [-0.2, 0) is 32.2 Å². The lowest BCUT2D eigenvalue weighted by Gasteiger charge is -2.35. The van der Waals surface area contributed by atoms with Crippen molar-refractivity contribution in [2.75, 3.05) is 19.6 Å². The smallest absolute Gasteiger partial charge is 0.414 e. The second-order valence-electron chi connectivity index (χ2n) is 10.9.